The van der Waals surface area contributed by atoms with Gasteiger partial charge in [-0.25, -0.2) is 4.39 Å². The van der Waals surface area contributed by atoms with E-state index in [-0.39, 0.29) is 5.82 Å². The number of fused-ring (bicyclic) bond motifs is 1. The number of hydrogen-bond donors (Lipinski definition) is 1. The second-order valence-corrected chi connectivity index (χ2v) is 4.73. The maximum atomic E-state index is 13.3. The van der Waals surface area contributed by atoms with Gasteiger partial charge in [0, 0.05) is 0 Å². The van der Waals surface area contributed by atoms with Gasteiger partial charge in [0.15, 0.2) is 0 Å². The van der Waals surface area contributed by atoms with Crippen molar-refractivity contribution in [2.75, 3.05) is 13.7 Å². The van der Waals surface area contributed by atoms with Gasteiger partial charge in [0.25, 0.3) is 0 Å². The van der Waals surface area contributed by atoms with Gasteiger partial charge in [-0.2, -0.15) is 0 Å². The van der Waals surface area contributed by atoms with Gasteiger partial charge in [-0.05, 0) is 67.3 Å². The first-order chi connectivity index (χ1) is 9.74. The molecule has 0 radical (unpaired) electrons. The van der Waals surface area contributed by atoms with Gasteiger partial charge in [-0.15, -0.1) is 0 Å². The molecular formula is C17H20FNO. The first kappa shape index (κ1) is 14.5. The summed E-state index contributed by atoms with van der Waals surface area (Å²) < 4.78 is 19.0. The van der Waals surface area contributed by atoms with Crippen LogP contribution in [0.25, 0.3) is 11.1 Å². The zero-order chi connectivity index (χ0) is 14.5. The normalized spacial score (nSPS) is 12.8. The van der Waals surface area contributed by atoms with E-state index >= 15 is 0 Å². The fourth-order valence-corrected chi connectivity index (χ4v) is 2.41. The van der Waals surface area contributed by atoms with Crippen LogP contribution in [0.2, 0.25) is 0 Å². The molecule has 0 aromatic heterocycles. The molecule has 0 fully saturated rings. The molecule has 106 valence electrons. The lowest BCUT2D eigenvalue weighted by molar-refractivity contribution is 0.288. The third-order valence-corrected chi connectivity index (χ3v) is 3.43. The highest BCUT2D eigenvalue weighted by Crippen LogP contribution is 2.32. The molecule has 1 aliphatic rings. The number of ether oxygens (including phenoxy) is 1. The van der Waals surface area contributed by atoms with E-state index in [4.69, 9.17) is 4.74 Å². The van der Waals surface area contributed by atoms with E-state index < -0.39 is 0 Å². The largest absolute Gasteiger partial charge is 0.493 e. The Balaban J connectivity index is 0.000000704. The molecule has 1 heterocycles. The maximum absolute atomic E-state index is 13.3. The number of rotatable bonds is 1. The highest BCUT2D eigenvalue weighted by molar-refractivity contribution is 5.69. The van der Waals surface area contributed by atoms with Gasteiger partial charge in [0.2, 0.25) is 0 Å². The molecule has 2 aromatic rings. The van der Waals surface area contributed by atoms with Crippen molar-refractivity contribution in [1.29, 1.82) is 0 Å². The SMILES string of the molecule is CN.Cc1ccc(F)cc1-c1ccc2c(c1)OCCC2. The molecular weight excluding hydrogens is 253 g/mol. The summed E-state index contributed by atoms with van der Waals surface area (Å²) in [4.78, 5) is 0. The van der Waals surface area contributed by atoms with Crippen molar-refractivity contribution in [3.05, 3.63) is 53.3 Å². The average molecular weight is 273 g/mol. The quantitative estimate of drug-likeness (QED) is 0.859. The molecule has 1 aliphatic heterocycles. The Bertz CT molecular complexity index is 596. The second kappa shape index (κ2) is 6.53. The smallest absolute Gasteiger partial charge is 0.123 e. The number of nitrogens with two attached hydrogens (primary N) is 1. The summed E-state index contributed by atoms with van der Waals surface area (Å²) in [6.45, 7) is 2.77. The third-order valence-electron chi connectivity index (χ3n) is 3.43. The highest BCUT2D eigenvalue weighted by Gasteiger charge is 2.12. The highest BCUT2D eigenvalue weighted by atomic mass is 19.1. The van der Waals surface area contributed by atoms with Gasteiger partial charge in [0.05, 0.1) is 6.61 Å². The molecule has 0 bridgehead atoms. The van der Waals surface area contributed by atoms with Crippen LogP contribution in [0.1, 0.15) is 17.5 Å². The third kappa shape index (κ3) is 2.99. The maximum Gasteiger partial charge on any atom is 0.123 e. The minimum absolute atomic E-state index is 0.200. The molecule has 2 N–H and O–H groups in total. The Morgan fingerprint density at radius 2 is 1.90 bits per heavy atom. The summed E-state index contributed by atoms with van der Waals surface area (Å²) in [5, 5.41) is 0. The van der Waals surface area contributed by atoms with Gasteiger partial charge < -0.3 is 10.5 Å². The van der Waals surface area contributed by atoms with Crippen LogP contribution in [0, 0.1) is 12.7 Å². The first-order valence-corrected chi connectivity index (χ1v) is 6.84. The number of benzene rings is 2. The Labute approximate surface area is 119 Å². The van der Waals surface area contributed by atoms with Crippen LogP contribution >= 0.6 is 0 Å². The van der Waals surface area contributed by atoms with E-state index in [1.54, 1.807) is 6.07 Å². The Morgan fingerprint density at radius 3 is 2.70 bits per heavy atom. The summed E-state index contributed by atoms with van der Waals surface area (Å²) >= 11 is 0. The molecule has 0 saturated heterocycles. The van der Waals surface area contributed by atoms with Gasteiger partial charge in [-0.3, -0.25) is 0 Å². The standard InChI is InChI=1S/C16H15FO.CH5N/c1-11-4-7-14(17)10-15(11)13-6-5-12-3-2-8-18-16(12)9-13;1-2/h4-7,9-10H,2-3,8H2,1H3;2H2,1H3. The molecule has 0 saturated carbocycles. The van der Waals surface area contributed by atoms with Crippen molar-refractivity contribution in [3.63, 3.8) is 0 Å². The zero-order valence-electron chi connectivity index (χ0n) is 11.9. The van der Waals surface area contributed by atoms with Gasteiger partial charge >= 0.3 is 0 Å². The van der Waals surface area contributed by atoms with Crippen LogP contribution in [0.3, 0.4) is 0 Å². The van der Waals surface area contributed by atoms with Crippen molar-refractivity contribution in [1.82, 2.24) is 0 Å². The number of hydrogen-bond acceptors (Lipinski definition) is 2. The van der Waals surface area contributed by atoms with Crippen molar-refractivity contribution in [2.45, 2.75) is 19.8 Å². The Morgan fingerprint density at radius 1 is 1.10 bits per heavy atom. The van der Waals surface area contributed by atoms with E-state index in [9.17, 15) is 4.39 Å². The minimum atomic E-state index is -0.200. The number of aryl methyl sites for hydroxylation is 2. The first-order valence-electron chi connectivity index (χ1n) is 6.84. The van der Waals surface area contributed by atoms with E-state index in [1.165, 1.54) is 18.7 Å². The predicted octanol–water partition coefficient (Wildman–Crippen LogP) is 3.70. The summed E-state index contributed by atoms with van der Waals surface area (Å²) in [5.41, 5.74) is 8.78. The average Bonchev–Trinajstić information content (AvgIpc) is 2.51. The van der Waals surface area contributed by atoms with Crippen molar-refractivity contribution in [2.24, 2.45) is 5.73 Å². The lowest BCUT2D eigenvalue weighted by Gasteiger charge is -2.18. The van der Waals surface area contributed by atoms with E-state index in [0.717, 1.165) is 41.9 Å². The fraction of sp³-hybridized carbons (Fsp3) is 0.294. The molecule has 0 unspecified atom stereocenters. The molecule has 3 heteroatoms. The lowest BCUT2D eigenvalue weighted by atomic mass is 9.97. The molecule has 20 heavy (non-hydrogen) atoms. The fourth-order valence-electron chi connectivity index (χ4n) is 2.41. The van der Waals surface area contributed by atoms with Crippen LogP contribution in [0.15, 0.2) is 36.4 Å². The molecule has 2 aromatic carbocycles. The monoisotopic (exact) mass is 273 g/mol. The second-order valence-electron chi connectivity index (χ2n) is 4.73. The van der Waals surface area contributed by atoms with Gasteiger partial charge in [-0.1, -0.05) is 18.2 Å². The van der Waals surface area contributed by atoms with Crippen molar-refractivity contribution in [3.8, 4) is 16.9 Å². The van der Waals surface area contributed by atoms with E-state index in [1.807, 2.05) is 19.1 Å². The van der Waals surface area contributed by atoms with Crippen LogP contribution in [-0.4, -0.2) is 13.7 Å². The van der Waals surface area contributed by atoms with Crippen LogP contribution in [-0.2, 0) is 6.42 Å². The molecule has 0 aliphatic carbocycles. The van der Waals surface area contributed by atoms with Crippen molar-refractivity contribution >= 4 is 0 Å². The Kier molecular flexibility index (Phi) is 4.74. The molecule has 2 nitrogen and oxygen atoms in total. The van der Waals surface area contributed by atoms with E-state index in [2.05, 4.69) is 17.9 Å². The van der Waals surface area contributed by atoms with Crippen LogP contribution in [0.4, 0.5) is 4.39 Å². The minimum Gasteiger partial charge on any atom is -0.493 e. The zero-order valence-corrected chi connectivity index (χ0v) is 11.9. The van der Waals surface area contributed by atoms with Gasteiger partial charge in [0.1, 0.15) is 11.6 Å². The van der Waals surface area contributed by atoms with Crippen LogP contribution < -0.4 is 10.5 Å². The molecule has 3 rings (SSSR count). The Hall–Kier alpha value is -1.87. The van der Waals surface area contributed by atoms with E-state index in [0.29, 0.717) is 0 Å². The summed E-state index contributed by atoms with van der Waals surface area (Å²) in [6, 6.07) is 11.1. The molecule has 0 amide bonds. The summed E-state index contributed by atoms with van der Waals surface area (Å²) in [7, 11) is 1.50. The summed E-state index contributed by atoms with van der Waals surface area (Å²) in [5.74, 6) is 0.747. The predicted molar refractivity (Wildman–Crippen MR) is 80.5 cm³/mol. The number of halogens is 1. The molecule has 0 spiro atoms. The van der Waals surface area contributed by atoms with Crippen LogP contribution in [0.5, 0.6) is 5.75 Å². The summed E-state index contributed by atoms with van der Waals surface area (Å²) in [6.07, 6.45) is 2.14. The molecule has 0 atom stereocenters. The topological polar surface area (TPSA) is 35.2 Å². The van der Waals surface area contributed by atoms with Crippen molar-refractivity contribution < 1.29 is 9.13 Å². The lowest BCUT2D eigenvalue weighted by Crippen LogP contribution is -2.08.